The number of benzene rings is 2. The van der Waals surface area contributed by atoms with Gasteiger partial charge in [0.2, 0.25) is 5.91 Å². The van der Waals surface area contributed by atoms with E-state index in [2.05, 4.69) is 60.0 Å². The predicted octanol–water partition coefficient (Wildman–Crippen LogP) is 5.95. The van der Waals surface area contributed by atoms with Gasteiger partial charge < -0.3 is 9.64 Å². The lowest BCUT2D eigenvalue weighted by atomic mass is 9.95. The van der Waals surface area contributed by atoms with Crippen LogP contribution < -0.4 is 4.74 Å². The van der Waals surface area contributed by atoms with Gasteiger partial charge in [0.05, 0.1) is 17.5 Å². The molecule has 1 atom stereocenters. The van der Waals surface area contributed by atoms with Gasteiger partial charge in [0.25, 0.3) is 0 Å². The van der Waals surface area contributed by atoms with Gasteiger partial charge in [-0.3, -0.25) is 9.69 Å². The van der Waals surface area contributed by atoms with Crippen molar-refractivity contribution in [2.45, 2.75) is 59.0 Å². The Balaban J connectivity index is 1.47. The fourth-order valence-electron chi connectivity index (χ4n) is 5.14. The number of fused-ring (bicyclic) bond motifs is 1. The van der Waals surface area contributed by atoms with E-state index in [4.69, 9.17) is 16.3 Å². The van der Waals surface area contributed by atoms with Crippen LogP contribution in [0.1, 0.15) is 56.2 Å². The maximum atomic E-state index is 13.7. The number of halogens is 1. The van der Waals surface area contributed by atoms with Crippen molar-refractivity contribution in [3.63, 3.8) is 0 Å². The zero-order chi connectivity index (χ0) is 23.2. The first kappa shape index (κ1) is 24.1. The fourth-order valence-corrected chi connectivity index (χ4v) is 5.45. The second-order valence-electron chi connectivity index (χ2n) is 10.0. The van der Waals surface area contributed by atoms with E-state index in [1.165, 1.54) is 11.1 Å². The number of amides is 1. The van der Waals surface area contributed by atoms with Crippen molar-refractivity contribution < 1.29 is 9.53 Å². The van der Waals surface area contributed by atoms with Crippen LogP contribution in [0.5, 0.6) is 5.75 Å². The molecule has 1 amide bonds. The van der Waals surface area contributed by atoms with Gasteiger partial charge in [-0.1, -0.05) is 61.8 Å². The molecule has 0 saturated carbocycles. The minimum Gasteiger partial charge on any atom is -0.492 e. The number of ether oxygens (including phenoxy) is 1. The molecule has 2 heterocycles. The predicted molar refractivity (Wildman–Crippen MR) is 135 cm³/mol. The van der Waals surface area contributed by atoms with Crippen molar-refractivity contribution in [1.29, 1.82) is 0 Å². The number of rotatable bonds is 7. The highest BCUT2D eigenvalue weighted by Crippen LogP contribution is 2.34. The summed E-state index contributed by atoms with van der Waals surface area (Å²) in [5, 5.41) is 0.674. The Morgan fingerprint density at radius 2 is 1.97 bits per heavy atom. The minimum atomic E-state index is 0.0563. The molecule has 2 aliphatic heterocycles. The molecule has 0 aromatic heterocycles. The van der Waals surface area contributed by atoms with Gasteiger partial charge >= 0.3 is 0 Å². The van der Waals surface area contributed by atoms with Crippen molar-refractivity contribution in [1.82, 2.24) is 9.80 Å². The molecule has 2 aromatic rings. The van der Waals surface area contributed by atoms with Crippen LogP contribution in [0.3, 0.4) is 0 Å². The number of hydrogen-bond acceptors (Lipinski definition) is 3. The fraction of sp³-hybridized carbons (Fsp3) is 0.536. The van der Waals surface area contributed by atoms with Crippen LogP contribution in [0, 0.1) is 11.8 Å². The molecular formula is C28H37ClN2O2. The number of likely N-dealkylation sites (tertiary alicyclic amines) is 1. The van der Waals surface area contributed by atoms with E-state index in [1.54, 1.807) is 0 Å². The van der Waals surface area contributed by atoms with Crippen molar-refractivity contribution in [3.8, 4) is 5.75 Å². The average molecular weight is 469 g/mol. The molecule has 1 saturated heterocycles. The Bertz CT molecular complexity index is 931. The Hall–Kier alpha value is -2.04. The summed E-state index contributed by atoms with van der Waals surface area (Å²) in [6.07, 6.45) is 5.19. The highest BCUT2D eigenvalue weighted by atomic mass is 35.5. The molecule has 2 aliphatic rings. The Kier molecular flexibility index (Phi) is 8.32. The van der Waals surface area contributed by atoms with E-state index in [-0.39, 0.29) is 11.8 Å². The van der Waals surface area contributed by atoms with Gasteiger partial charge in [0.1, 0.15) is 5.75 Å². The zero-order valence-corrected chi connectivity index (χ0v) is 20.8. The number of carbonyl (C=O) groups is 1. The minimum absolute atomic E-state index is 0.0563. The van der Waals surface area contributed by atoms with E-state index in [1.807, 2.05) is 6.07 Å². The first-order chi connectivity index (χ1) is 16.0. The molecule has 4 nitrogen and oxygen atoms in total. The number of hydrogen-bond donors (Lipinski definition) is 0. The van der Waals surface area contributed by atoms with Crippen LogP contribution in [-0.4, -0.2) is 41.9 Å². The summed E-state index contributed by atoms with van der Waals surface area (Å²) < 4.78 is 5.89. The lowest BCUT2D eigenvalue weighted by Crippen LogP contribution is -2.45. The SMILES string of the molecule is CC(C)CN(Cc1cc(Cl)c2c(c1)CCCCO2)C(=O)[C@@H]1CCCN(Cc2ccccc2)C1. The van der Waals surface area contributed by atoms with E-state index < -0.39 is 0 Å². The third-order valence-electron chi connectivity index (χ3n) is 6.64. The van der Waals surface area contributed by atoms with E-state index in [0.717, 1.165) is 76.2 Å². The van der Waals surface area contributed by atoms with Crippen LogP contribution in [0.4, 0.5) is 0 Å². The van der Waals surface area contributed by atoms with E-state index in [0.29, 0.717) is 17.5 Å². The van der Waals surface area contributed by atoms with Gasteiger partial charge in [0.15, 0.2) is 0 Å². The molecule has 5 heteroatoms. The Labute approximate surface area is 203 Å². The summed E-state index contributed by atoms with van der Waals surface area (Å²) in [4.78, 5) is 18.2. The molecule has 33 heavy (non-hydrogen) atoms. The molecule has 1 fully saturated rings. The molecule has 0 aliphatic carbocycles. The van der Waals surface area contributed by atoms with E-state index in [9.17, 15) is 4.79 Å². The summed E-state index contributed by atoms with van der Waals surface area (Å²) in [7, 11) is 0. The smallest absolute Gasteiger partial charge is 0.227 e. The highest BCUT2D eigenvalue weighted by Gasteiger charge is 2.30. The molecule has 0 spiro atoms. The third kappa shape index (κ3) is 6.51. The van der Waals surface area contributed by atoms with Crippen LogP contribution in [0.25, 0.3) is 0 Å². The summed E-state index contributed by atoms with van der Waals surface area (Å²) in [5.74, 6) is 1.59. The Morgan fingerprint density at radius 1 is 1.15 bits per heavy atom. The number of piperidine rings is 1. The van der Waals surface area contributed by atoms with Gasteiger partial charge in [-0.25, -0.2) is 0 Å². The lowest BCUT2D eigenvalue weighted by molar-refractivity contribution is -0.138. The topological polar surface area (TPSA) is 32.8 Å². The largest absolute Gasteiger partial charge is 0.492 e. The number of carbonyl (C=O) groups excluding carboxylic acids is 1. The van der Waals surface area contributed by atoms with Gasteiger partial charge in [-0.2, -0.15) is 0 Å². The van der Waals surface area contributed by atoms with Gasteiger partial charge in [-0.15, -0.1) is 0 Å². The summed E-state index contributed by atoms with van der Waals surface area (Å²) in [5.41, 5.74) is 3.60. The van der Waals surface area contributed by atoms with Crippen LogP contribution in [0.15, 0.2) is 42.5 Å². The third-order valence-corrected chi connectivity index (χ3v) is 6.92. The second kappa shape index (κ2) is 11.4. The van der Waals surface area contributed by atoms with Crippen LogP contribution >= 0.6 is 11.6 Å². The zero-order valence-electron chi connectivity index (χ0n) is 20.1. The molecule has 178 valence electrons. The molecule has 0 bridgehead atoms. The van der Waals surface area contributed by atoms with Crippen molar-refractivity contribution in [2.24, 2.45) is 11.8 Å². The summed E-state index contributed by atoms with van der Waals surface area (Å²) >= 11 is 6.60. The average Bonchev–Trinajstić information content (AvgIpc) is 3.05. The summed E-state index contributed by atoms with van der Waals surface area (Å²) in [6, 6.07) is 14.8. The maximum Gasteiger partial charge on any atom is 0.227 e. The highest BCUT2D eigenvalue weighted by molar-refractivity contribution is 6.32. The Morgan fingerprint density at radius 3 is 2.76 bits per heavy atom. The van der Waals surface area contributed by atoms with Crippen molar-refractivity contribution in [2.75, 3.05) is 26.2 Å². The molecule has 0 unspecified atom stereocenters. The molecule has 0 N–H and O–H groups in total. The normalized spacial score (nSPS) is 19.0. The van der Waals surface area contributed by atoms with Gasteiger partial charge in [0, 0.05) is 26.2 Å². The molecule has 0 radical (unpaired) electrons. The standard InChI is InChI=1S/C28H37ClN2O2/c1-21(2)17-31(19-23-15-24-11-6-7-14-33-27(24)26(29)16-23)28(32)25-12-8-13-30(20-25)18-22-9-4-3-5-10-22/h3-5,9-10,15-16,21,25H,6-8,11-14,17-20H2,1-2H3/t25-/m1/s1. The van der Waals surface area contributed by atoms with Crippen molar-refractivity contribution >= 4 is 17.5 Å². The molecular weight excluding hydrogens is 432 g/mol. The molecule has 4 rings (SSSR count). The van der Waals surface area contributed by atoms with E-state index >= 15 is 0 Å². The van der Waals surface area contributed by atoms with Crippen LogP contribution in [0.2, 0.25) is 5.02 Å². The van der Waals surface area contributed by atoms with Crippen LogP contribution in [-0.2, 0) is 24.3 Å². The quantitative estimate of drug-likeness (QED) is 0.503. The first-order valence-electron chi connectivity index (χ1n) is 12.5. The maximum absolute atomic E-state index is 13.7. The summed E-state index contributed by atoms with van der Waals surface area (Å²) in [6.45, 7) is 9.27. The second-order valence-corrected chi connectivity index (χ2v) is 10.5. The lowest BCUT2D eigenvalue weighted by Gasteiger charge is -2.35. The molecule has 2 aromatic carbocycles. The van der Waals surface area contributed by atoms with Crippen molar-refractivity contribution in [3.05, 3.63) is 64.2 Å². The number of nitrogens with zero attached hydrogens (tertiary/aromatic N) is 2. The first-order valence-corrected chi connectivity index (χ1v) is 12.9. The monoisotopic (exact) mass is 468 g/mol. The van der Waals surface area contributed by atoms with Gasteiger partial charge in [-0.05, 0) is 67.3 Å². The number of aryl methyl sites for hydroxylation is 1.